The predicted octanol–water partition coefficient (Wildman–Crippen LogP) is 2.83. The molecule has 108 valence electrons. The van der Waals surface area contributed by atoms with Crippen LogP contribution in [0.3, 0.4) is 0 Å². The van der Waals surface area contributed by atoms with Gasteiger partial charge in [-0.05, 0) is 50.4 Å². The minimum atomic E-state index is 0.588. The molecule has 1 aromatic heterocycles. The summed E-state index contributed by atoms with van der Waals surface area (Å²) in [6, 6.07) is 6.23. The number of hydrogen-bond donors (Lipinski definition) is 1. The highest BCUT2D eigenvalue weighted by atomic mass is 15.1. The van der Waals surface area contributed by atoms with Crippen molar-refractivity contribution in [3.8, 4) is 0 Å². The van der Waals surface area contributed by atoms with Crippen molar-refractivity contribution < 1.29 is 0 Å². The molecule has 0 saturated heterocycles. The van der Waals surface area contributed by atoms with Crippen LogP contribution in [-0.4, -0.2) is 29.5 Å². The fraction of sp³-hybridized carbons (Fsp3) is 0.688. The minimum absolute atomic E-state index is 0.588. The SMILES string of the molecule is CCN(Cc1cccc(C)n1)CC(CN)CC(C)C. The standard InChI is InChI=1S/C16H29N3/c1-5-19(11-15(10-17)9-13(2)3)12-16-8-6-7-14(4)18-16/h6-8,13,15H,5,9-12,17H2,1-4H3. The second-order valence-electron chi connectivity index (χ2n) is 5.83. The summed E-state index contributed by atoms with van der Waals surface area (Å²) in [7, 11) is 0. The van der Waals surface area contributed by atoms with Crippen molar-refractivity contribution >= 4 is 0 Å². The Kier molecular flexibility index (Phi) is 7.03. The molecule has 0 amide bonds. The van der Waals surface area contributed by atoms with Crippen LogP contribution in [-0.2, 0) is 6.54 Å². The summed E-state index contributed by atoms with van der Waals surface area (Å²) >= 11 is 0. The summed E-state index contributed by atoms with van der Waals surface area (Å²) < 4.78 is 0. The molecule has 1 atom stereocenters. The monoisotopic (exact) mass is 263 g/mol. The zero-order chi connectivity index (χ0) is 14.3. The maximum atomic E-state index is 5.90. The fourth-order valence-electron chi connectivity index (χ4n) is 2.50. The molecule has 2 N–H and O–H groups in total. The number of rotatable bonds is 8. The third kappa shape index (κ3) is 6.17. The van der Waals surface area contributed by atoms with Gasteiger partial charge in [0.15, 0.2) is 0 Å². The molecule has 0 fully saturated rings. The molecule has 0 aliphatic rings. The molecule has 0 aliphatic carbocycles. The van der Waals surface area contributed by atoms with Crippen molar-refractivity contribution in [1.29, 1.82) is 0 Å². The maximum absolute atomic E-state index is 5.90. The van der Waals surface area contributed by atoms with E-state index < -0.39 is 0 Å². The Balaban J connectivity index is 2.57. The van der Waals surface area contributed by atoms with Gasteiger partial charge in [-0.3, -0.25) is 9.88 Å². The largest absolute Gasteiger partial charge is 0.330 e. The van der Waals surface area contributed by atoms with E-state index in [4.69, 9.17) is 5.73 Å². The molecule has 3 nitrogen and oxygen atoms in total. The van der Waals surface area contributed by atoms with Crippen molar-refractivity contribution in [3.05, 3.63) is 29.6 Å². The van der Waals surface area contributed by atoms with E-state index in [2.05, 4.69) is 42.8 Å². The van der Waals surface area contributed by atoms with Gasteiger partial charge in [0.2, 0.25) is 0 Å². The number of aryl methyl sites for hydroxylation is 1. The van der Waals surface area contributed by atoms with Crippen LogP contribution in [0.2, 0.25) is 0 Å². The minimum Gasteiger partial charge on any atom is -0.330 e. The number of hydrogen-bond acceptors (Lipinski definition) is 3. The van der Waals surface area contributed by atoms with Gasteiger partial charge in [-0.2, -0.15) is 0 Å². The molecule has 0 aromatic carbocycles. The maximum Gasteiger partial charge on any atom is 0.0547 e. The summed E-state index contributed by atoms with van der Waals surface area (Å²) in [5, 5.41) is 0. The molecule has 19 heavy (non-hydrogen) atoms. The average molecular weight is 263 g/mol. The van der Waals surface area contributed by atoms with E-state index in [0.717, 1.165) is 37.6 Å². The highest BCUT2D eigenvalue weighted by Gasteiger charge is 2.14. The highest BCUT2D eigenvalue weighted by Crippen LogP contribution is 2.13. The van der Waals surface area contributed by atoms with E-state index in [1.807, 2.05) is 13.0 Å². The van der Waals surface area contributed by atoms with E-state index in [1.165, 1.54) is 6.42 Å². The third-order valence-corrected chi connectivity index (χ3v) is 3.43. The topological polar surface area (TPSA) is 42.2 Å². The number of aromatic nitrogens is 1. The first-order chi connectivity index (χ1) is 9.05. The van der Waals surface area contributed by atoms with Crippen molar-refractivity contribution in [2.24, 2.45) is 17.6 Å². The van der Waals surface area contributed by atoms with Gasteiger partial charge in [-0.1, -0.05) is 26.8 Å². The Morgan fingerprint density at radius 3 is 2.58 bits per heavy atom. The van der Waals surface area contributed by atoms with Crippen LogP contribution >= 0.6 is 0 Å². The smallest absolute Gasteiger partial charge is 0.0547 e. The second kappa shape index (κ2) is 8.28. The van der Waals surface area contributed by atoms with Crippen LogP contribution in [0.15, 0.2) is 18.2 Å². The van der Waals surface area contributed by atoms with Gasteiger partial charge in [-0.25, -0.2) is 0 Å². The first-order valence-corrected chi connectivity index (χ1v) is 7.40. The lowest BCUT2D eigenvalue weighted by Crippen LogP contribution is -2.33. The number of nitrogens with two attached hydrogens (primary N) is 1. The first kappa shape index (κ1) is 16.1. The molecule has 3 heteroatoms. The quantitative estimate of drug-likeness (QED) is 0.784. The summed E-state index contributed by atoms with van der Waals surface area (Å²) in [5.41, 5.74) is 8.14. The summed E-state index contributed by atoms with van der Waals surface area (Å²) in [5.74, 6) is 1.30. The zero-order valence-electron chi connectivity index (χ0n) is 12.9. The molecule has 0 aliphatic heterocycles. The van der Waals surface area contributed by atoms with E-state index in [9.17, 15) is 0 Å². The fourth-order valence-corrected chi connectivity index (χ4v) is 2.50. The average Bonchev–Trinajstić information content (AvgIpc) is 2.36. The predicted molar refractivity (Wildman–Crippen MR) is 81.9 cm³/mol. The van der Waals surface area contributed by atoms with E-state index in [-0.39, 0.29) is 0 Å². The normalized spacial score (nSPS) is 13.2. The summed E-state index contributed by atoms with van der Waals surface area (Å²) in [4.78, 5) is 7.03. The number of pyridine rings is 1. The molecule has 0 bridgehead atoms. The Labute approximate surface area is 118 Å². The van der Waals surface area contributed by atoms with Crippen molar-refractivity contribution in [3.63, 3.8) is 0 Å². The van der Waals surface area contributed by atoms with Gasteiger partial charge in [-0.15, -0.1) is 0 Å². The van der Waals surface area contributed by atoms with Gasteiger partial charge in [0.25, 0.3) is 0 Å². The van der Waals surface area contributed by atoms with Crippen LogP contribution < -0.4 is 5.73 Å². The molecular weight excluding hydrogens is 234 g/mol. The summed E-state index contributed by atoms with van der Waals surface area (Å²) in [6.07, 6.45) is 1.20. The Morgan fingerprint density at radius 1 is 1.32 bits per heavy atom. The van der Waals surface area contributed by atoms with Crippen molar-refractivity contribution in [1.82, 2.24) is 9.88 Å². The van der Waals surface area contributed by atoms with Crippen LogP contribution in [0.25, 0.3) is 0 Å². The second-order valence-corrected chi connectivity index (χ2v) is 5.83. The van der Waals surface area contributed by atoms with E-state index in [0.29, 0.717) is 11.8 Å². The number of nitrogens with zero attached hydrogens (tertiary/aromatic N) is 2. The van der Waals surface area contributed by atoms with Crippen molar-refractivity contribution in [2.45, 2.75) is 40.7 Å². The lowest BCUT2D eigenvalue weighted by atomic mass is 9.96. The van der Waals surface area contributed by atoms with Gasteiger partial charge < -0.3 is 5.73 Å². The summed E-state index contributed by atoms with van der Waals surface area (Å²) in [6.45, 7) is 12.6. The zero-order valence-corrected chi connectivity index (χ0v) is 12.9. The highest BCUT2D eigenvalue weighted by molar-refractivity contribution is 5.09. The van der Waals surface area contributed by atoms with Gasteiger partial charge in [0.05, 0.1) is 5.69 Å². The molecule has 0 saturated carbocycles. The van der Waals surface area contributed by atoms with E-state index >= 15 is 0 Å². The Morgan fingerprint density at radius 2 is 2.05 bits per heavy atom. The Bertz CT molecular complexity index is 363. The molecular formula is C16H29N3. The van der Waals surface area contributed by atoms with Gasteiger partial charge >= 0.3 is 0 Å². The van der Waals surface area contributed by atoms with Gasteiger partial charge in [0, 0.05) is 18.8 Å². The molecule has 1 aromatic rings. The first-order valence-electron chi connectivity index (χ1n) is 7.40. The lowest BCUT2D eigenvalue weighted by molar-refractivity contribution is 0.217. The Hall–Kier alpha value is -0.930. The van der Waals surface area contributed by atoms with Crippen LogP contribution in [0.4, 0.5) is 0 Å². The van der Waals surface area contributed by atoms with E-state index in [1.54, 1.807) is 0 Å². The molecule has 1 unspecified atom stereocenters. The molecule has 1 heterocycles. The van der Waals surface area contributed by atoms with Crippen LogP contribution in [0.1, 0.15) is 38.6 Å². The van der Waals surface area contributed by atoms with Gasteiger partial charge in [0.1, 0.15) is 0 Å². The lowest BCUT2D eigenvalue weighted by Gasteiger charge is -2.26. The van der Waals surface area contributed by atoms with Crippen molar-refractivity contribution in [2.75, 3.05) is 19.6 Å². The van der Waals surface area contributed by atoms with Crippen LogP contribution in [0, 0.1) is 18.8 Å². The molecule has 0 radical (unpaired) electrons. The molecule has 0 spiro atoms. The third-order valence-electron chi connectivity index (χ3n) is 3.43. The van der Waals surface area contributed by atoms with Crippen LogP contribution in [0.5, 0.6) is 0 Å². The molecule has 1 rings (SSSR count).